The predicted molar refractivity (Wildman–Crippen MR) is 106 cm³/mol. The predicted octanol–water partition coefficient (Wildman–Crippen LogP) is 5.46. The maximum atomic E-state index is 6.00. The first-order chi connectivity index (χ1) is 12.8. The van der Waals surface area contributed by atoms with Crippen molar-refractivity contribution >= 4 is 0 Å². The molecule has 3 aromatic rings. The first-order valence-electron chi connectivity index (χ1n) is 9.36. The van der Waals surface area contributed by atoms with Crippen molar-refractivity contribution in [3.05, 3.63) is 107 Å². The van der Waals surface area contributed by atoms with Gasteiger partial charge in [0.15, 0.2) is 0 Å². The summed E-state index contributed by atoms with van der Waals surface area (Å²) in [6.07, 6.45) is 2.00. The molecular formula is C24H25NO. The molecule has 0 spiro atoms. The largest absolute Gasteiger partial charge is 0.298 e. The Hall–Kier alpha value is -2.42. The summed E-state index contributed by atoms with van der Waals surface area (Å²) in [7, 11) is 0. The van der Waals surface area contributed by atoms with Gasteiger partial charge >= 0.3 is 0 Å². The molecule has 1 aliphatic heterocycles. The maximum absolute atomic E-state index is 6.00. The van der Waals surface area contributed by atoms with Crippen LogP contribution in [0.5, 0.6) is 0 Å². The highest BCUT2D eigenvalue weighted by Crippen LogP contribution is 2.32. The van der Waals surface area contributed by atoms with Gasteiger partial charge in [0.05, 0.1) is 19.2 Å². The fraction of sp³-hybridized carbons (Fsp3) is 0.250. The Morgan fingerprint density at radius 3 is 2.38 bits per heavy atom. The smallest absolute Gasteiger partial charge is 0.0704 e. The Labute approximate surface area is 156 Å². The first-order valence-corrected chi connectivity index (χ1v) is 9.36. The molecule has 1 saturated heterocycles. The third-order valence-electron chi connectivity index (χ3n) is 5.11. The molecule has 132 valence electrons. The molecule has 0 saturated carbocycles. The highest BCUT2D eigenvalue weighted by Gasteiger charge is 2.27. The Morgan fingerprint density at radius 2 is 1.62 bits per heavy atom. The van der Waals surface area contributed by atoms with Gasteiger partial charge in [0.2, 0.25) is 0 Å². The molecule has 4 rings (SSSR count). The summed E-state index contributed by atoms with van der Waals surface area (Å²) in [6.45, 7) is 3.78. The minimum atomic E-state index is 0.335. The molecule has 1 aliphatic rings. The van der Waals surface area contributed by atoms with Crippen LogP contribution in [-0.4, -0.2) is 11.7 Å². The Morgan fingerprint density at radius 1 is 0.885 bits per heavy atom. The van der Waals surface area contributed by atoms with E-state index >= 15 is 0 Å². The Bertz CT molecular complexity index is 845. The molecular weight excluding hydrogens is 318 g/mol. The summed E-state index contributed by atoms with van der Waals surface area (Å²) in [5, 5.41) is 2.17. The fourth-order valence-electron chi connectivity index (χ4n) is 3.74. The highest BCUT2D eigenvalue weighted by atomic mass is 16.7. The van der Waals surface area contributed by atoms with Crippen molar-refractivity contribution in [1.82, 2.24) is 5.06 Å². The van der Waals surface area contributed by atoms with E-state index < -0.39 is 0 Å². The molecule has 0 amide bonds. The number of benzene rings is 3. The number of hydrogen-bond donors (Lipinski definition) is 0. The summed E-state index contributed by atoms with van der Waals surface area (Å²) in [6, 6.07) is 28.5. The lowest BCUT2D eigenvalue weighted by Crippen LogP contribution is -2.22. The monoisotopic (exact) mass is 343 g/mol. The molecule has 0 aliphatic carbocycles. The van der Waals surface area contributed by atoms with Crippen LogP contribution < -0.4 is 0 Å². The fourth-order valence-corrected chi connectivity index (χ4v) is 3.74. The maximum Gasteiger partial charge on any atom is 0.0704 e. The summed E-state index contributed by atoms with van der Waals surface area (Å²) < 4.78 is 0. The van der Waals surface area contributed by atoms with Crippen molar-refractivity contribution in [2.24, 2.45) is 0 Å². The Balaban J connectivity index is 1.58. The lowest BCUT2D eigenvalue weighted by Gasteiger charge is -2.24. The third-order valence-corrected chi connectivity index (χ3v) is 5.11. The molecule has 2 nitrogen and oxygen atoms in total. The normalized spacial score (nSPS) is 17.5. The van der Waals surface area contributed by atoms with Crippen molar-refractivity contribution < 1.29 is 4.84 Å². The lowest BCUT2D eigenvalue weighted by molar-refractivity contribution is -0.141. The summed E-state index contributed by atoms with van der Waals surface area (Å²) in [4.78, 5) is 6.00. The standard InChI is InChI=1S/C24H25NO/c1-19-12-13-22(17-20-8-4-2-5-9-20)23(16-19)18-25-24(14-15-26-25)21-10-6-3-7-11-21/h2-13,16,24H,14-15,17-18H2,1H3. The van der Waals surface area contributed by atoms with Crippen LogP contribution in [0.3, 0.4) is 0 Å². The summed E-state index contributed by atoms with van der Waals surface area (Å²) >= 11 is 0. The molecule has 3 aromatic carbocycles. The zero-order valence-electron chi connectivity index (χ0n) is 15.3. The minimum Gasteiger partial charge on any atom is -0.298 e. The van der Waals surface area contributed by atoms with Crippen molar-refractivity contribution in [1.29, 1.82) is 0 Å². The average Bonchev–Trinajstić information content (AvgIpc) is 3.14. The molecule has 1 atom stereocenters. The van der Waals surface area contributed by atoms with Gasteiger partial charge in [-0.3, -0.25) is 4.84 Å². The number of nitrogens with zero attached hydrogens (tertiary/aromatic N) is 1. The molecule has 0 N–H and O–H groups in total. The number of hydroxylamine groups is 2. The van der Waals surface area contributed by atoms with Crippen molar-refractivity contribution in [3.8, 4) is 0 Å². The van der Waals surface area contributed by atoms with Gasteiger partial charge in [-0.05, 0) is 42.0 Å². The molecule has 1 fully saturated rings. The van der Waals surface area contributed by atoms with Gasteiger partial charge in [-0.1, -0.05) is 84.4 Å². The van der Waals surface area contributed by atoms with E-state index in [0.717, 1.165) is 26.0 Å². The van der Waals surface area contributed by atoms with Crippen LogP contribution in [0.2, 0.25) is 0 Å². The van der Waals surface area contributed by atoms with Gasteiger partial charge in [0.1, 0.15) is 0 Å². The average molecular weight is 343 g/mol. The number of rotatable bonds is 5. The SMILES string of the molecule is Cc1ccc(Cc2ccccc2)c(CN2OCCC2c2ccccc2)c1. The van der Waals surface area contributed by atoms with Gasteiger partial charge in [-0.15, -0.1) is 0 Å². The minimum absolute atomic E-state index is 0.335. The van der Waals surface area contributed by atoms with Crippen LogP contribution >= 0.6 is 0 Å². The van der Waals surface area contributed by atoms with Gasteiger partial charge < -0.3 is 0 Å². The summed E-state index contributed by atoms with van der Waals surface area (Å²) in [5.41, 5.74) is 6.72. The number of aryl methyl sites for hydroxylation is 1. The van der Waals surface area contributed by atoms with E-state index in [0.29, 0.717) is 6.04 Å². The van der Waals surface area contributed by atoms with Gasteiger partial charge in [-0.2, -0.15) is 5.06 Å². The highest BCUT2D eigenvalue weighted by molar-refractivity contribution is 5.36. The topological polar surface area (TPSA) is 12.5 Å². The molecule has 1 unspecified atom stereocenters. The van der Waals surface area contributed by atoms with E-state index in [1.807, 2.05) is 0 Å². The van der Waals surface area contributed by atoms with Crippen LogP contribution in [-0.2, 0) is 17.8 Å². The second kappa shape index (κ2) is 7.86. The molecule has 2 heteroatoms. The zero-order chi connectivity index (χ0) is 17.8. The second-order valence-electron chi connectivity index (χ2n) is 7.06. The number of hydrogen-bond acceptors (Lipinski definition) is 2. The second-order valence-corrected chi connectivity index (χ2v) is 7.06. The van der Waals surface area contributed by atoms with Crippen LogP contribution in [0.15, 0.2) is 78.9 Å². The summed E-state index contributed by atoms with van der Waals surface area (Å²) in [5.74, 6) is 0. The van der Waals surface area contributed by atoms with E-state index in [-0.39, 0.29) is 0 Å². The van der Waals surface area contributed by atoms with Crippen LogP contribution in [0.25, 0.3) is 0 Å². The van der Waals surface area contributed by atoms with Crippen molar-refractivity contribution in [2.75, 3.05) is 6.61 Å². The van der Waals surface area contributed by atoms with E-state index in [2.05, 4.69) is 90.8 Å². The lowest BCUT2D eigenvalue weighted by atomic mass is 9.97. The van der Waals surface area contributed by atoms with Gasteiger partial charge in [0, 0.05) is 0 Å². The zero-order valence-corrected chi connectivity index (χ0v) is 15.3. The molecule has 0 aromatic heterocycles. The van der Waals surface area contributed by atoms with E-state index in [9.17, 15) is 0 Å². The Kier molecular flexibility index (Phi) is 5.14. The van der Waals surface area contributed by atoms with Crippen molar-refractivity contribution in [3.63, 3.8) is 0 Å². The quantitative estimate of drug-likeness (QED) is 0.609. The van der Waals surface area contributed by atoms with Crippen LogP contribution in [0, 0.1) is 6.92 Å². The van der Waals surface area contributed by atoms with E-state index in [4.69, 9.17) is 4.84 Å². The molecule has 0 radical (unpaired) electrons. The van der Waals surface area contributed by atoms with Crippen LogP contribution in [0.1, 0.15) is 40.3 Å². The molecule has 1 heterocycles. The van der Waals surface area contributed by atoms with Gasteiger partial charge in [-0.25, -0.2) is 0 Å². The molecule has 26 heavy (non-hydrogen) atoms. The molecule has 0 bridgehead atoms. The van der Waals surface area contributed by atoms with Crippen LogP contribution in [0.4, 0.5) is 0 Å². The van der Waals surface area contributed by atoms with E-state index in [1.165, 1.54) is 27.8 Å². The van der Waals surface area contributed by atoms with Gasteiger partial charge in [0.25, 0.3) is 0 Å². The third kappa shape index (κ3) is 3.87. The van der Waals surface area contributed by atoms with E-state index in [1.54, 1.807) is 0 Å². The van der Waals surface area contributed by atoms with Crippen molar-refractivity contribution in [2.45, 2.75) is 32.4 Å². The first kappa shape index (κ1) is 17.0.